The van der Waals surface area contributed by atoms with Crippen molar-refractivity contribution in [3.8, 4) is 11.4 Å². The Bertz CT molecular complexity index is 545. The Morgan fingerprint density at radius 1 is 0.824 bits per heavy atom. The Labute approximate surface area is 131 Å². The minimum absolute atomic E-state index is 0.302. The molecule has 0 aliphatic heterocycles. The number of nitrogens with zero attached hydrogens (tertiary/aromatic N) is 2. The number of benzene rings is 1. The van der Waals surface area contributed by atoms with E-state index in [2.05, 4.69) is 9.97 Å². The van der Waals surface area contributed by atoms with Gasteiger partial charge in [-0.05, 0) is 40.8 Å². The maximum atomic E-state index is 5.94. The molecule has 0 amide bonds. The van der Waals surface area contributed by atoms with Crippen LogP contribution in [0, 0.1) is 3.57 Å². The molecule has 88 valence electrons. The molecule has 0 saturated heterocycles. The minimum Gasteiger partial charge on any atom is -0.215 e. The number of hydrogen-bond acceptors (Lipinski definition) is 2. The molecule has 2 nitrogen and oxygen atoms in total. The van der Waals surface area contributed by atoms with Gasteiger partial charge in [-0.25, -0.2) is 9.97 Å². The summed E-state index contributed by atoms with van der Waals surface area (Å²) in [5, 5.41) is 1.61. The van der Waals surface area contributed by atoms with E-state index in [0.29, 0.717) is 35.3 Å². The molecule has 1 heterocycles. The summed E-state index contributed by atoms with van der Waals surface area (Å²) in [6.07, 6.45) is 0. The Kier molecular flexibility index (Phi) is 4.36. The van der Waals surface area contributed by atoms with Gasteiger partial charge in [-0.3, -0.25) is 0 Å². The highest BCUT2D eigenvalue weighted by molar-refractivity contribution is 14.1. The minimum atomic E-state index is 0.302. The summed E-state index contributed by atoms with van der Waals surface area (Å²) in [7, 11) is 0. The van der Waals surface area contributed by atoms with Gasteiger partial charge in [0.25, 0.3) is 0 Å². The van der Waals surface area contributed by atoms with Crippen LogP contribution in [0.1, 0.15) is 0 Å². The van der Waals surface area contributed by atoms with Crippen LogP contribution >= 0.6 is 69.0 Å². The van der Waals surface area contributed by atoms with Gasteiger partial charge in [0.05, 0.1) is 3.57 Å². The highest BCUT2D eigenvalue weighted by atomic mass is 127. The van der Waals surface area contributed by atoms with E-state index in [1.54, 1.807) is 18.2 Å². The molecule has 2 rings (SSSR count). The highest BCUT2D eigenvalue weighted by Gasteiger charge is 2.11. The van der Waals surface area contributed by atoms with Gasteiger partial charge in [0.15, 0.2) is 5.82 Å². The molecule has 1 aromatic carbocycles. The lowest BCUT2D eigenvalue weighted by molar-refractivity contribution is 1.16. The van der Waals surface area contributed by atoms with E-state index < -0.39 is 0 Å². The zero-order valence-electron chi connectivity index (χ0n) is 8.02. The van der Waals surface area contributed by atoms with Gasteiger partial charge in [-0.15, -0.1) is 0 Å². The van der Waals surface area contributed by atoms with Gasteiger partial charge in [0.2, 0.25) is 0 Å². The predicted octanol–water partition coefficient (Wildman–Crippen LogP) is 5.36. The summed E-state index contributed by atoms with van der Waals surface area (Å²) in [6, 6.07) is 5.02. The summed E-state index contributed by atoms with van der Waals surface area (Å²) < 4.78 is 0.614. The molecule has 0 radical (unpaired) electrons. The average molecular weight is 420 g/mol. The molecule has 2 aromatic rings. The van der Waals surface area contributed by atoms with Crippen LogP contribution in [0.2, 0.25) is 20.4 Å². The first kappa shape index (κ1) is 13.6. The molecule has 0 fully saturated rings. The molecule has 0 bridgehead atoms. The lowest BCUT2D eigenvalue weighted by Gasteiger charge is -2.05. The van der Waals surface area contributed by atoms with E-state index in [0.717, 1.165) is 0 Å². The van der Waals surface area contributed by atoms with Crippen molar-refractivity contribution in [1.29, 1.82) is 0 Å². The zero-order valence-corrected chi connectivity index (χ0v) is 13.2. The van der Waals surface area contributed by atoms with E-state index in [9.17, 15) is 0 Å². The molecule has 1 aromatic heterocycles. The normalized spacial score (nSPS) is 10.6. The van der Waals surface area contributed by atoms with Crippen LogP contribution in [-0.4, -0.2) is 9.97 Å². The fourth-order valence-corrected chi connectivity index (χ4v) is 2.36. The smallest absolute Gasteiger partial charge is 0.162 e. The average Bonchev–Trinajstić information content (AvgIpc) is 2.23. The number of aromatic nitrogens is 2. The lowest BCUT2D eigenvalue weighted by atomic mass is 10.2. The maximum absolute atomic E-state index is 5.94. The van der Waals surface area contributed by atoms with E-state index in [1.165, 1.54) is 0 Å². The molecule has 0 N–H and O–H groups in total. The molecular formula is C10H3Cl4IN2. The predicted molar refractivity (Wildman–Crippen MR) is 80.2 cm³/mol. The summed E-state index contributed by atoms with van der Waals surface area (Å²) in [4.78, 5) is 8.26. The van der Waals surface area contributed by atoms with Crippen molar-refractivity contribution in [2.75, 3.05) is 0 Å². The third kappa shape index (κ3) is 3.15. The van der Waals surface area contributed by atoms with Crippen LogP contribution in [0.25, 0.3) is 11.4 Å². The van der Waals surface area contributed by atoms with Crippen LogP contribution < -0.4 is 0 Å². The van der Waals surface area contributed by atoms with Crippen LogP contribution in [0.5, 0.6) is 0 Å². The van der Waals surface area contributed by atoms with Crippen molar-refractivity contribution in [2.45, 2.75) is 0 Å². The Morgan fingerprint density at radius 3 is 1.76 bits per heavy atom. The van der Waals surface area contributed by atoms with Crippen molar-refractivity contribution in [2.24, 2.45) is 0 Å². The maximum Gasteiger partial charge on any atom is 0.162 e. The standard InChI is InChI=1S/C10H3Cl4IN2/c11-5-1-4(2-6(12)3-5)10-16-8(13)7(15)9(14)17-10/h1-3H. The van der Waals surface area contributed by atoms with Gasteiger partial charge >= 0.3 is 0 Å². The van der Waals surface area contributed by atoms with E-state index >= 15 is 0 Å². The second kappa shape index (κ2) is 5.45. The lowest BCUT2D eigenvalue weighted by Crippen LogP contribution is -1.93. The van der Waals surface area contributed by atoms with Gasteiger partial charge in [0, 0.05) is 15.6 Å². The van der Waals surface area contributed by atoms with Crippen LogP contribution in [0.4, 0.5) is 0 Å². The molecular weight excluding hydrogens is 417 g/mol. The first-order valence-corrected chi connectivity index (χ1v) is 6.91. The fourth-order valence-electron chi connectivity index (χ4n) is 1.21. The third-order valence-electron chi connectivity index (χ3n) is 1.89. The quantitative estimate of drug-likeness (QED) is 0.459. The summed E-state index contributed by atoms with van der Waals surface area (Å²) in [5.74, 6) is 0.393. The third-order valence-corrected chi connectivity index (χ3v) is 4.53. The molecule has 0 atom stereocenters. The van der Waals surface area contributed by atoms with E-state index in [-0.39, 0.29) is 0 Å². The molecule has 0 spiro atoms. The van der Waals surface area contributed by atoms with Crippen molar-refractivity contribution in [3.63, 3.8) is 0 Å². The molecule has 17 heavy (non-hydrogen) atoms. The topological polar surface area (TPSA) is 25.8 Å². The van der Waals surface area contributed by atoms with Gasteiger partial charge in [-0.2, -0.15) is 0 Å². The van der Waals surface area contributed by atoms with Crippen molar-refractivity contribution in [1.82, 2.24) is 9.97 Å². The van der Waals surface area contributed by atoms with Gasteiger partial charge < -0.3 is 0 Å². The van der Waals surface area contributed by atoms with Crippen molar-refractivity contribution >= 4 is 69.0 Å². The summed E-state index contributed by atoms with van der Waals surface area (Å²) in [6.45, 7) is 0. The second-order valence-corrected chi connectivity index (χ2v) is 5.77. The molecule has 0 aliphatic rings. The highest BCUT2D eigenvalue weighted by Crippen LogP contribution is 2.29. The van der Waals surface area contributed by atoms with Crippen LogP contribution in [-0.2, 0) is 0 Å². The van der Waals surface area contributed by atoms with Gasteiger partial charge in [0.1, 0.15) is 10.3 Å². The van der Waals surface area contributed by atoms with Gasteiger partial charge in [-0.1, -0.05) is 46.4 Å². The summed E-state index contributed by atoms with van der Waals surface area (Å²) in [5.41, 5.74) is 0.669. The molecule has 0 aliphatic carbocycles. The number of rotatable bonds is 1. The molecule has 0 saturated carbocycles. The second-order valence-electron chi connectivity index (χ2n) is 3.10. The first-order valence-electron chi connectivity index (χ1n) is 4.32. The van der Waals surface area contributed by atoms with Crippen molar-refractivity contribution in [3.05, 3.63) is 42.1 Å². The van der Waals surface area contributed by atoms with E-state index in [4.69, 9.17) is 46.4 Å². The number of halogens is 5. The Hall–Kier alpha value is 0.190. The Morgan fingerprint density at radius 2 is 1.29 bits per heavy atom. The fraction of sp³-hybridized carbons (Fsp3) is 0. The Balaban J connectivity index is 2.60. The largest absolute Gasteiger partial charge is 0.215 e. The summed E-state index contributed by atoms with van der Waals surface area (Å²) >= 11 is 25.7. The first-order chi connectivity index (χ1) is 7.97. The van der Waals surface area contributed by atoms with E-state index in [1.807, 2.05) is 22.6 Å². The van der Waals surface area contributed by atoms with Crippen LogP contribution in [0.3, 0.4) is 0 Å². The SMILES string of the molecule is Clc1cc(Cl)cc(-c2nc(Cl)c(I)c(Cl)n2)c1. The monoisotopic (exact) mass is 418 g/mol. The zero-order chi connectivity index (χ0) is 12.6. The van der Waals surface area contributed by atoms with Crippen molar-refractivity contribution < 1.29 is 0 Å². The molecule has 0 unspecified atom stereocenters. The van der Waals surface area contributed by atoms with Crippen LogP contribution in [0.15, 0.2) is 18.2 Å². The number of hydrogen-bond donors (Lipinski definition) is 0. The molecule has 7 heteroatoms.